The Morgan fingerprint density at radius 2 is 1.62 bits per heavy atom. The molecule has 6 nitrogen and oxygen atoms in total. The monoisotopic (exact) mass is 533 g/mol. The smallest absolute Gasteiger partial charge is 0.300 e. The van der Waals surface area contributed by atoms with Crippen LogP contribution < -0.4 is 14.4 Å². The summed E-state index contributed by atoms with van der Waals surface area (Å²) in [4.78, 5) is 28.4. The summed E-state index contributed by atoms with van der Waals surface area (Å²) in [5, 5.41) is 11.5. The van der Waals surface area contributed by atoms with Gasteiger partial charge in [0, 0.05) is 11.3 Å². The summed E-state index contributed by atoms with van der Waals surface area (Å²) >= 11 is 0. The highest BCUT2D eigenvalue weighted by Crippen LogP contribution is 2.43. The third-order valence-corrected chi connectivity index (χ3v) is 7.16. The second kappa shape index (κ2) is 11.5. The molecule has 0 aliphatic carbocycles. The Morgan fingerprint density at radius 1 is 0.875 bits per heavy atom. The molecule has 1 N–H and O–H groups in total. The fourth-order valence-electron chi connectivity index (χ4n) is 4.97. The first-order valence-electron chi connectivity index (χ1n) is 13.2. The van der Waals surface area contributed by atoms with Crippen LogP contribution in [0.5, 0.6) is 11.5 Å². The number of carbonyl (C=O) groups excluding carboxylic acids is 2. The van der Waals surface area contributed by atoms with E-state index >= 15 is 0 Å². The van der Waals surface area contributed by atoms with Crippen LogP contribution in [-0.2, 0) is 22.6 Å². The minimum Gasteiger partial charge on any atom is -0.507 e. The van der Waals surface area contributed by atoms with Crippen LogP contribution in [-0.4, -0.2) is 23.9 Å². The van der Waals surface area contributed by atoms with Gasteiger partial charge in [-0.15, -0.1) is 0 Å². The van der Waals surface area contributed by atoms with Crippen molar-refractivity contribution in [2.24, 2.45) is 0 Å². The highest BCUT2D eigenvalue weighted by molar-refractivity contribution is 6.51. The first-order chi connectivity index (χ1) is 19.4. The summed E-state index contributed by atoms with van der Waals surface area (Å²) < 4.78 is 11.4. The second-order valence-corrected chi connectivity index (χ2v) is 9.72. The van der Waals surface area contributed by atoms with Crippen LogP contribution in [0.15, 0.2) is 103 Å². The van der Waals surface area contributed by atoms with Gasteiger partial charge < -0.3 is 14.6 Å². The standard InChI is InChI=1S/C34H31NO5/c1-4-23-13-16-27(17-14-23)35-31(25-11-8-12-28(20-25)39-3)30(33(37)34(35)38)32(36)26-15-18-29(22(2)19-26)40-21-24-9-6-5-7-10-24/h5-20,31,36H,4,21H2,1-3H3/b32-30-. The molecule has 1 fully saturated rings. The molecule has 202 valence electrons. The SMILES string of the molecule is CCc1ccc(N2C(=O)C(=O)/C(=C(\O)c3ccc(OCc4ccccc4)c(C)c3)C2c2cccc(OC)c2)cc1. The van der Waals surface area contributed by atoms with E-state index in [9.17, 15) is 14.7 Å². The van der Waals surface area contributed by atoms with Gasteiger partial charge in [0.1, 0.15) is 23.9 Å². The zero-order valence-corrected chi connectivity index (χ0v) is 22.8. The number of methoxy groups -OCH3 is 1. The molecule has 4 aromatic rings. The maximum atomic E-state index is 13.5. The van der Waals surface area contributed by atoms with E-state index in [2.05, 4.69) is 6.92 Å². The Morgan fingerprint density at radius 3 is 2.30 bits per heavy atom. The molecule has 0 aromatic heterocycles. The minimum absolute atomic E-state index is 0.0233. The lowest BCUT2D eigenvalue weighted by atomic mass is 9.94. The lowest BCUT2D eigenvalue weighted by Crippen LogP contribution is -2.29. The molecule has 1 aliphatic heterocycles. The number of Topliss-reactive ketones (excluding diaryl/α,β-unsaturated/α-hetero) is 1. The zero-order valence-electron chi connectivity index (χ0n) is 22.8. The van der Waals surface area contributed by atoms with Gasteiger partial charge in [-0.05, 0) is 78.1 Å². The van der Waals surface area contributed by atoms with Gasteiger partial charge in [0.05, 0.1) is 18.7 Å². The van der Waals surface area contributed by atoms with Crippen molar-refractivity contribution in [1.82, 2.24) is 0 Å². The molecular weight excluding hydrogens is 502 g/mol. The Balaban J connectivity index is 1.56. The van der Waals surface area contributed by atoms with Gasteiger partial charge in [-0.25, -0.2) is 0 Å². The zero-order chi connectivity index (χ0) is 28.2. The molecule has 40 heavy (non-hydrogen) atoms. The average Bonchev–Trinajstić information content (AvgIpc) is 3.26. The van der Waals surface area contributed by atoms with E-state index in [0.717, 1.165) is 23.1 Å². The minimum atomic E-state index is -0.836. The van der Waals surface area contributed by atoms with Gasteiger partial charge >= 0.3 is 0 Å². The molecule has 1 heterocycles. The molecule has 0 bridgehead atoms. The number of hydrogen-bond donors (Lipinski definition) is 1. The first kappa shape index (κ1) is 26.8. The van der Waals surface area contributed by atoms with E-state index in [1.54, 1.807) is 43.5 Å². The van der Waals surface area contributed by atoms with E-state index < -0.39 is 17.7 Å². The Hall–Kier alpha value is -4.84. The summed E-state index contributed by atoms with van der Waals surface area (Å²) in [5.41, 5.74) is 4.63. The van der Waals surface area contributed by atoms with Crippen LogP contribution >= 0.6 is 0 Å². The van der Waals surface area contributed by atoms with Crippen molar-refractivity contribution in [1.29, 1.82) is 0 Å². The molecule has 1 saturated heterocycles. The molecule has 6 heteroatoms. The largest absolute Gasteiger partial charge is 0.507 e. The number of anilines is 1. The van der Waals surface area contributed by atoms with Crippen LogP contribution in [0.25, 0.3) is 5.76 Å². The van der Waals surface area contributed by atoms with Gasteiger partial charge in [0.2, 0.25) is 0 Å². The van der Waals surface area contributed by atoms with Gasteiger partial charge in [-0.2, -0.15) is 0 Å². The number of ketones is 1. The molecule has 5 rings (SSSR count). The van der Waals surface area contributed by atoms with Crippen molar-refractivity contribution in [3.05, 3.63) is 130 Å². The highest BCUT2D eigenvalue weighted by Gasteiger charge is 2.47. The van der Waals surface area contributed by atoms with Crippen LogP contribution in [0.2, 0.25) is 0 Å². The fraction of sp³-hybridized carbons (Fsp3) is 0.176. The summed E-state index contributed by atoms with van der Waals surface area (Å²) in [6.45, 7) is 4.34. The van der Waals surface area contributed by atoms with Crippen LogP contribution in [0, 0.1) is 6.92 Å². The number of nitrogens with zero attached hydrogens (tertiary/aromatic N) is 1. The van der Waals surface area contributed by atoms with E-state index in [-0.39, 0.29) is 11.3 Å². The Labute approximate surface area is 234 Å². The van der Waals surface area contributed by atoms with Crippen molar-refractivity contribution in [3.63, 3.8) is 0 Å². The number of aliphatic hydroxyl groups excluding tert-OH is 1. The van der Waals surface area contributed by atoms with Gasteiger partial charge in [-0.3, -0.25) is 14.5 Å². The summed E-state index contributed by atoms with van der Waals surface area (Å²) in [5.74, 6) is -0.428. The third-order valence-electron chi connectivity index (χ3n) is 7.16. The van der Waals surface area contributed by atoms with Gasteiger partial charge in [0.15, 0.2) is 0 Å². The number of carbonyl (C=O) groups is 2. The molecule has 1 unspecified atom stereocenters. The van der Waals surface area contributed by atoms with Crippen molar-refractivity contribution < 1.29 is 24.2 Å². The lowest BCUT2D eigenvalue weighted by Gasteiger charge is -2.26. The lowest BCUT2D eigenvalue weighted by molar-refractivity contribution is -0.132. The number of benzene rings is 4. The summed E-state index contributed by atoms with van der Waals surface area (Å²) in [6.07, 6.45) is 0.850. The molecule has 1 atom stereocenters. The maximum absolute atomic E-state index is 13.5. The van der Waals surface area contributed by atoms with E-state index in [4.69, 9.17) is 9.47 Å². The Bertz CT molecular complexity index is 1570. The number of aliphatic hydroxyl groups is 1. The van der Waals surface area contributed by atoms with Crippen LogP contribution in [0.3, 0.4) is 0 Å². The number of rotatable bonds is 8. The van der Waals surface area contributed by atoms with Crippen molar-refractivity contribution >= 4 is 23.1 Å². The first-order valence-corrected chi connectivity index (χ1v) is 13.2. The summed E-state index contributed by atoms with van der Waals surface area (Å²) in [6, 6.07) is 29.0. The van der Waals surface area contributed by atoms with E-state index in [0.29, 0.717) is 34.9 Å². The third kappa shape index (κ3) is 5.21. The number of aryl methyl sites for hydroxylation is 2. The van der Waals surface area contributed by atoms with E-state index in [1.807, 2.05) is 67.6 Å². The average molecular weight is 534 g/mol. The quantitative estimate of drug-likeness (QED) is 0.154. The fourth-order valence-corrected chi connectivity index (χ4v) is 4.97. The number of hydrogen-bond acceptors (Lipinski definition) is 5. The van der Waals surface area contributed by atoms with Crippen LogP contribution in [0.4, 0.5) is 5.69 Å². The molecule has 0 spiro atoms. The van der Waals surface area contributed by atoms with Gasteiger partial charge in [-0.1, -0.05) is 61.5 Å². The molecule has 1 amide bonds. The number of amides is 1. The van der Waals surface area contributed by atoms with Crippen molar-refractivity contribution in [2.75, 3.05) is 12.0 Å². The molecule has 0 saturated carbocycles. The second-order valence-electron chi connectivity index (χ2n) is 9.72. The van der Waals surface area contributed by atoms with E-state index in [1.165, 1.54) is 4.90 Å². The maximum Gasteiger partial charge on any atom is 0.300 e. The predicted octanol–water partition coefficient (Wildman–Crippen LogP) is 6.77. The summed E-state index contributed by atoms with van der Waals surface area (Å²) in [7, 11) is 1.56. The number of ether oxygens (including phenoxy) is 2. The van der Waals surface area contributed by atoms with Crippen molar-refractivity contribution in [2.45, 2.75) is 32.9 Å². The normalized spacial score (nSPS) is 16.3. The van der Waals surface area contributed by atoms with Crippen molar-refractivity contribution in [3.8, 4) is 11.5 Å². The molecule has 4 aromatic carbocycles. The van der Waals surface area contributed by atoms with Crippen LogP contribution in [0.1, 0.15) is 40.8 Å². The topological polar surface area (TPSA) is 76.1 Å². The highest BCUT2D eigenvalue weighted by atomic mass is 16.5. The molecule has 1 aliphatic rings. The molecule has 0 radical (unpaired) electrons. The van der Waals surface area contributed by atoms with Gasteiger partial charge in [0.25, 0.3) is 11.7 Å². The predicted molar refractivity (Wildman–Crippen MR) is 156 cm³/mol. The molecular formula is C34H31NO5. The Kier molecular flexibility index (Phi) is 7.69.